The van der Waals surface area contributed by atoms with Gasteiger partial charge < -0.3 is 19.9 Å². The van der Waals surface area contributed by atoms with E-state index >= 15 is 0 Å². The maximum Gasteiger partial charge on any atom is 0.323 e. The van der Waals surface area contributed by atoms with E-state index in [1.807, 2.05) is 54.6 Å². The number of hydrogen-bond donors (Lipinski definition) is 2. The zero-order valence-corrected chi connectivity index (χ0v) is 19.3. The van der Waals surface area contributed by atoms with Gasteiger partial charge in [-0.25, -0.2) is 4.79 Å². The third kappa shape index (κ3) is 4.68. The van der Waals surface area contributed by atoms with Crippen LogP contribution in [0.2, 0.25) is 0 Å². The molecule has 0 aliphatic carbocycles. The minimum Gasteiger partial charge on any atom is -0.494 e. The highest BCUT2D eigenvalue weighted by atomic mass is 31.2. The van der Waals surface area contributed by atoms with Crippen LogP contribution in [0.1, 0.15) is 26.3 Å². The first-order valence-electron chi connectivity index (χ1n) is 9.84. The smallest absolute Gasteiger partial charge is 0.323 e. The Kier molecular flexibility index (Phi) is 5.96. The Balaban J connectivity index is 2.00. The molecule has 3 rings (SSSR count). The van der Waals surface area contributed by atoms with Crippen LogP contribution in [0, 0.1) is 0 Å². The maximum absolute atomic E-state index is 12.9. The summed E-state index contributed by atoms with van der Waals surface area (Å²) in [5, 5.41) is 8.45. The molecule has 0 atom stereocenters. The summed E-state index contributed by atoms with van der Waals surface area (Å²) >= 11 is 0. The minimum absolute atomic E-state index is 0.182. The first-order chi connectivity index (χ1) is 14.0. The molecule has 0 unspecified atom stereocenters. The quantitative estimate of drug-likeness (QED) is 0.502. The van der Waals surface area contributed by atoms with Crippen molar-refractivity contribution >= 4 is 40.6 Å². The third-order valence-electron chi connectivity index (χ3n) is 5.01. The fourth-order valence-electron chi connectivity index (χ4n) is 3.36. The zero-order chi connectivity index (χ0) is 22.1. The topological polar surface area (TPSA) is 67.4 Å². The van der Waals surface area contributed by atoms with Gasteiger partial charge in [0.25, 0.3) is 0 Å². The molecule has 0 aliphatic heterocycles. The number of hydrogen-bond acceptors (Lipinski definition) is 3. The molecule has 158 valence electrons. The molecule has 2 amide bonds. The van der Waals surface area contributed by atoms with E-state index in [1.165, 1.54) is 7.11 Å². The van der Waals surface area contributed by atoms with Crippen LogP contribution in [0.3, 0.4) is 0 Å². The number of carbonyl (C=O) groups is 1. The van der Waals surface area contributed by atoms with Crippen molar-refractivity contribution < 1.29 is 14.1 Å². The number of methoxy groups -OCH3 is 1. The van der Waals surface area contributed by atoms with Gasteiger partial charge in [-0.05, 0) is 47.9 Å². The molecule has 3 aromatic carbocycles. The van der Waals surface area contributed by atoms with Gasteiger partial charge in [0, 0.05) is 5.39 Å². The molecule has 0 spiro atoms. The van der Waals surface area contributed by atoms with E-state index in [1.54, 1.807) is 13.3 Å². The molecule has 3 aromatic rings. The number of benzene rings is 3. The Morgan fingerprint density at radius 3 is 2.20 bits per heavy atom. The van der Waals surface area contributed by atoms with Crippen molar-refractivity contribution in [3.63, 3.8) is 0 Å². The molecule has 0 radical (unpaired) electrons. The summed E-state index contributed by atoms with van der Waals surface area (Å²) in [6, 6.07) is 17.1. The molecule has 0 saturated carbocycles. The monoisotopic (exact) mass is 424 g/mol. The lowest BCUT2D eigenvalue weighted by molar-refractivity contribution is 0.262. The maximum atomic E-state index is 12.9. The fraction of sp³-hybridized carbons (Fsp3) is 0.292. The van der Waals surface area contributed by atoms with Crippen LogP contribution >= 0.6 is 7.14 Å². The second-order valence-corrected chi connectivity index (χ2v) is 12.0. The Bertz CT molecular complexity index is 1140. The Hall–Kier alpha value is -2.78. The number of anilines is 2. The molecule has 0 fully saturated rings. The number of rotatable bonds is 4. The fourth-order valence-corrected chi connectivity index (χ4v) is 4.52. The average molecular weight is 424 g/mol. The SMILES string of the molecule is COc1c(NC(=O)Nc2cccc3ccccc23)cc(C(C)(C)C)cc1P(C)(C)=O. The lowest BCUT2D eigenvalue weighted by Crippen LogP contribution is -2.23. The van der Waals surface area contributed by atoms with Gasteiger partial charge >= 0.3 is 6.03 Å². The van der Waals surface area contributed by atoms with Crippen LogP contribution in [0.5, 0.6) is 5.75 Å². The van der Waals surface area contributed by atoms with Gasteiger partial charge in [-0.15, -0.1) is 0 Å². The number of fused-ring (bicyclic) bond motifs is 1. The highest BCUT2D eigenvalue weighted by molar-refractivity contribution is 7.70. The van der Waals surface area contributed by atoms with Gasteiger partial charge in [0.1, 0.15) is 7.14 Å². The van der Waals surface area contributed by atoms with Crippen molar-refractivity contribution in [1.29, 1.82) is 0 Å². The van der Waals surface area contributed by atoms with E-state index in [0.29, 0.717) is 22.4 Å². The lowest BCUT2D eigenvalue weighted by Gasteiger charge is -2.25. The summed E-state index contributed by atoms with van der Waals surface area (Å²) in [5.74, 6) is 0.435. The number of ether oxygens (including phenoxy) is 1. The normalized spacial score (nSPS) is 11.9. The second-order valence-electron chi connectivity index (χ2n) is 8.78. The first kappa shape index (κ1) is 21.9. The molecule has 0 aliphatic rings. The van der Waals surface area contributed by atoms with E-state index < -0.39 is 7.14 Å². The standard InChI is InChI=1S/C24H29N2O3P/c1-24(2,3)17-14-20(22(29-4)21(15-17)30(5,6)28)26-23(27)25-19-13-9-11-16-10-7-8-12-18(16)19/h7-15H,1-6H3,(H2,25,26,27). The van der Waals surface area contributed by atoms with Crippen molar-refractivity contribution in [3.8, 4) is 5.75 Å². The van der Waals surface area contributed by atoms with Crippen molar-refractivity contribution in [3.05, 3.63) is 60.2 Å². The number of amides is 2. The molecule has 5 nitrogen and oxygen atoms in total. The largest absolute Gasteiger partial charge is 0.494 e. The summed E-state index contributed by atoms with van der Waals surface area (Å²) in [7, 11) is -1.11. The van der Waals surface area contributed by atoms with E-state index in [0.717, 1.165) is 16.3 Å². The highest BCUT2D eigenvalue weighted by Gasteiger charge is 2.26. The van der Waals surface area contributed by atoms with Gasteiger partial charge in [0.05, 0.1) is 23.8 Å². The summed E-state index contributed by atoms with van der Waals surface area (Å²) in [6.45, 7) is 9.65. The first-order valence-corrected chi connectivity index (χ1v) is 12.4. The summed E-state index contributed by atoms with van der Waals surface area (Å²) in [5.41, 5.74) is 2.01. The summed E-state index contributed by atoms with van der Waals surface area (Å²) in [4.78, 5) is 12.9. The zero-order valence-electron chi connectivity index (χ0n) is 18.4. The molecular formula is C24H29N2O3P. The van der Waals surface area contributed by atoms with Crippen molar-refractivity contribution in [1.82, 2.24) is 0 Å². The Labute approximate surface area is 178 Å². The van der Waals surface area contributed by atoms with Crippen LogP contribution < -0.4 is 20.7 Å². The molecule has 2 N–H and O–H groups in total. The lowest BCUT2D eigenvalue weighted by atomic mass is 9.86. The molecule has 0 heterocycles. The van der Waals surface area contributed by atoms with E-state index in [2.05, 4.69) is 31.4 Å². The van der Waals surface area contributed by atoms with Crippen molar-refractivity contribution in [2.24, 2.45) is 0 Å². The predicted octanol–water partition coefficient (Wildman–Crippen LogP) is 6.04. The minimum atomic E-state index is -2.63. The van der Waals surface area contributed by atoms with Gasteiger partial charge in [0.15, 0.2) is 5.75 Å². The van der Waals surface area contributed by atoms with Crippen LogP contribution in [-0.2, 0) is 9.98 Å². The van der Waals surface area contributed by atoms with E-state index in [4.69, 9.17) is 4.74 Å². The van der Waals surface area contributed by atoms with Crippen molar-refractivity contribution in [2.75, 3.05) is 31.1 Å². The third-order valence-corrected chi connectivity index (χ3v) is 6.50. The van der Waals surface area contributed by atoms with Gasteiger partial charge in [-0.1, -0.05) is 57.2 Å². The van der Waals surface area contributed by atoms with Crippen LogP contribution in [-0.4, -0.2) is 26.5 Å². The molecule has 0 bridgehead atoms. The average Bonchev–Trinajstić information content (AvgIpc) is 2.66. The van der Waals surface area contributed by atoms with Gasteiger partial charge in [-0.2, -0.15) is 0 Å². The van der Waals surface area contributed by atoms with E-state index in [9.17, 15) is 9.36 Å². The predicted molar refractivity (Wildman–Crippen MR) is 127 cm³/mol. The summed E-state index contributed by atoms with van der Waals surface area (Å²) in [6.07, 6.45) is 0. The van der Waals surface area contributed by atoms with Crippen LogP contribution in [0.25, 0.3) is 10.8 Å². The Morgan fingerprint density at radius 2 is 1.57 bits per heavy atom. The Morgan fingerprint density at radius 1 is 0.933 bits per heavy atom. The molecule has 0 aromatic heterocycles. The second kappa shape index (κ2) is 8.16. The van der Waals surface area contributed by atoms with Crippen molar-refractivity contribution in [2.45, 2.75) is 26.2 Å². The number of carbonyl (C=O) groups excluding carboxylic acids is 1. The summed E-state index contributed by atoms with van der Waals surface area (Å²) < 4.78 is 18.5. The molecular weight excluding hydrogens is 395 g/mol. The van der Waals surface area contributed by atoms with Crippen LogP contribution in [0.15, 0.2) is 54.6 Å². The highest BCUT2D eigenvalue weighted by Crippen LogP contribution is 2.43. The van der Waals surface area contributed by atoms with Gasteiger partial charge in [-0.3, -0.25) is 0 Å². The van der Waals surface area contributed by atoms with Crippen LogP contribution in [0.4, 0.5) is 16.2 Å². The van der Waals surface area contributed by atoms with E-state index in [-0.39, 0.29) is 11.4 Å². The molecule has 6 heteroatoms. The number of nitrogens with one attached hydrogen (secondary N) is 2. The molecule has 0 saturated heterocycles. The molecule has 30 heavy (non-hydrogen) atoms. The van der Waals surface area contributed by atoms with Gasteiger partial charge in [0.2, 0.25) is 0 Å². The number of urea groups is 1.